The maximum absolute atomic E-state index is 11.6. The highest BCUT2D eigenvalue weighted by Gasteiger charge is 2.12. The largest absolute Gasteiger partial charge is 0.492 e. The minimum Gasteiger partial charge on any atom is -0.492 e. The summed E-state index contributed by atoms with van der Waals surface area (Å²) >= 11 is 5.90. The molecule has 0 amide bonds. The van der Waals surface area contributed by atoms with E-state index in [1.54, 1.807) is 18.2 Å². The molecular weight excluding hydrogens is 286 g/mol. The van der Waals surface area contributed by atoms with Crippen LogP contribution in [-0.2, 0) is 9.84 Å². The second kappa shape index (κ2) is 7.12. The van der Waals surface area contributed by atoms with Crippen LogP contribution in [0.15, 0.2) is 18.2 Å². The monoisotopic (exact) mass is 305 g/mol. The van der Waals surface area contributed by atoms with Gasteiger partial charge in [0, 0.05) is 16.6 Å². The number of nitrogens with two attached hydrogens (primary N) is 1. The summed E-state index contributed by atoms with van der Waals surface area (Å²) < 4.78 is 28.7. The predicted octanol–water partition coefficient (Wildman–Crippen LogP) is 2.56. The minimum atomic E-state index is -3.03. The first-order valence-corrected chi connectivity index (χ1v) is 8.44. The zero-order valence-electron chi connectivity index (χ0n) is 11.2. The molecule has 0 saturated heterocycles. The van der Waals surface area contributed by atoms with Crippen molar-refractivity contribution in [2.45, 2.75) is 26.3 Å². The summed E-state index contributed by atoms with van der Waals surface area (Å²) in [5.41, 5.74) is 6.61. The number of rotatable bonds is 7. The third-order valence-corrected chi connectivity index (χ3v) is 4.68. The van der Waals surface area contributed by atoms with E-state index < -0.39 is 9.84 Å². The molecule has 108 valence electrons. The van der Waals surface area contributed by atoms with Crippen LogP contribution in [-0.4, -0.2) is 26.5 Å². The van der Waals surface area contributed by atoms with Crippen LogP contribution in [0.3, 0.4) is 0 Å². The van der Waals surface area contributed by atoms with Crippen molar-refractivity contribution in [3.05, 3.63) is 28.8 Å². The van der Waals surface area contributed by atoms with Gasteiger partial charge >= 0.3 is 0 Å². The van der Waals surface area contributed by atoms with E-state index >= 15 is 0 Å². The van der Waals surface area contributed by atoms with Crippen LogP contribution in [0.4, 0.5) is 0 Å². The second-order valence-electron chi connectivity index (χ2n) is 4.47. The molecule has 0 bridgehead atoms. The van der Waals surface area contributed by atoms with E-state index in [0.717, 1.165) is 5.56 Å². The number of hydrogen-bond donors (Lipinski definition) is 1. The SMILES string of the molecule is CCCS(=O)(=O)CCOc1ccc(Cl)cc1[C@@H](C)N. The van der Waals surface area contributed by atoms with Crippen LogP contribution in [0, 0.1) is 0 Å². The molecule has 0 heterocycles. The molecule has 0 spiro atoms. The first-order chi connectivity index (χ1) is 8.85. The Kier molecular flexibility index (Phi) is 6.10. The fourth-order valence-electron chi connectivity index (χ4n) is 1.70. The fraction of sp³-hybridized carbons (Fsp3) is 0.538. The average molecular weight is 306 g/mol. The lowest BCUT2D eigenvalue weighted by Gasteiger charge is -2.14. The van der Waals surface area contributed by atoms with Gasteiger partial charge in [-0.05, 0) is 31.5 Å². The number of ether oxygens (including phenoxy) is 1. The lowest BCUT2D eigenvalue weighted by molar-refractivity contribution is 0.335. The first kappa shape index (κ1) is 16.3. The van der Waals surface area contributed by atoms with Crippen LogP contribution < -0.4 is 10.5 Å². The number of sulfone groups is 1. The average Bonchev–Trinajstić information content (AvgIpc) is 2.30. The molecule has 0 aliphatic carbocycles. The Bertz CT molecular complexity index is 515. The smallest absolute Gasteiger partial charge is 0.153 e. The Morgan fingerprint density at radius 3 is 2.63 bits per heavy atom. The molecule has 0 aliphatic heterocycles. The minimum absolute atomic E-state index is 0.0157. The van der Waals surface area contributed by atoms with E-state index in [1.165, 1.54) is 0 Å². The van der Waals surface area contributed by atoms with Gasteiger partial charge in [-0.15, -0.1) is 0 Å². The standard InChI is InChI=1S/C13H20ClNO3S/c1-3-7-19(16,17)8-6-18-13-5-4-11(14)9-12(13)10(2)15/h4-5,9-10H,3,6-8,15H2,1-2H3/t10-/m1/s1. The van der Waals surface area contributed by atoms with Gasteiger partial charge in [0.25, 0.3) is 0 Å². The maximum Gasteiger partial charge on any atom is 0.153 e. The van der Waals surface area contributed by atoms with Gasteiger partial charge < -0.3 is 10.5 Å². The summed E-state index contributed by atoms with van der Waals surface area (Å²) in [6, 6.07) is 4.93. The summed E-state index contributed by atoms with van der Waals surface area (Å²) in [7, 11) is -3.03. The van der Waals surface area contributed by atoms with Gasteiger partial charge in [0.2, 0.25) is 0 Å². The van der Waals surface area contributed by atoms with E-state index in [9.17, 15) is 8.42 Å². The molecule has 0 radical (unpaired) electrons. The summed E-state index contributed by atoms with van der Waals surface area (Å²) in [6.45, 7) is 3.79. The zero-order valence-corrected chi connectivity index (χ0v) is 12.8. The third kappa shape index (κ3) is 5.38. The highest BCUT2D eigenvalue weighted by Crippen LogP contribution is 2.27. The highest BCUT2D eigenvalue weighted by molar-refractivity contribution is 7.91. The summed E-state index contributed by atoms with van der Waals surface area (Å²) in [5, 5.41) is 0.582. The summed E-state index contributed by atoms with van der Waals surface area (Å²) in [6.07, 6.45) is 0.619. The van der Waals surface area contributed by atoms with E-state index in [4.69, 9.17) is 22.1 Å². The Morgan fingerprint density at radius 2 is 2.05 bits per heavy atom. The fourth-order valence-corrected chi connectivity index (χ4v) is 3.04. The molecule has 2 N–H and O–H groups in total. The highest BCUT2D eigenvalue weighted by atomic mass is 35.5. The molecule has 1 aromatic carbocycles. The molecule has 0 fully saturated rings. The second-order valence-corrected chi connectivity index (χ2v) is 7.21. The molecule has 1 rings (SSSR count). The molecule has 6 heteroatoms. The van der Waals surface area contributed by atoms with E-state index in [-0.39, 0.29) is 24.2 Å². The van der Waals surface area contributed by atoms with Gasteiger partial charge in [-0.3, -0.25) is 0 Å². The molecule has 1 atom stereocenters. The van der Waals surface area contributed by atoms with Gasteiger partial charge in [-0.25, -0.2) is 8.42 Å². The zero-order chi connectivity index (χ0) is 14.5. The maximum atomic E-state index is 11.6. The molecule has 0 aliphatic rings. The van der Waals surface area contributed by atoms with E-state index in [2.05, 4.69) is 0 Å². The van der Waals surface area contributed by atoms with Crippen molar-refractivity contribution in [3.63, 3.8) is 0 Å². The van der Waals surface area contributed by atoms with Gasteiger partial charge in [0.15, 0.2) is 9.84 Å². The Labute approximate surface area is 119 Å². The molecule has 19 heavy (non-hydrogen) atoms. The lowest BCUT2D eigenvalue weighted by atomic mass is 10.1. The number of hydrogen-bond acceptors (Lipinski definition) is 4. The summed E-state index contributed by atoms with van der Waals surface area (Å²) in [4.78, 5) is 0. The molecular formula is C13H20ClNO3S. The number of halogens is 1. The lowest BCUT2D eigenvalue weighted by Crippen LogP contribution is -2.17. The van der Waals surface area contributed by atoms with Gasteiger partial charge in [0.05, 0.1) is 11.5 Å². The van der Waals surface area contributed by atoms with Crippen molar-refractivity contribution >= 4 is 21.4 Å². The predicted molar refractivity (Wildman–Crippen MR) is 78.5 cm³/mol. The Hall–Kier alpha value is -0.780. The Morgan fingerprint density at radius 1 is 1.37 bits per heavy atom. The van der Waals surface area contributed by atoms with Crippen molar-refractivity contribution in [2.75, 3.05) is 18.1 Å². The van der Waals surface area contributed by atoms with Crippen LogP contribution in [0.1, 0.15) is 31.9 Å². The third-order valence-electron chi connectivity index (χ3n) is 2.63. The van der Waals surface area contributed by atoms with Gasteiger partial charge in [-0.2, -0.15) is 0 Å². The van der Waals surface area contributed by atoms with Crippen molar-refractivity contribution in [1.82, 2.24) is 0 Å². The van der Waals surface area contributed by atoms with Crippen molar-refractivity contribution in [2.24, 2.45) is 5.73 Å². The van der Waals surface area contributed by atoms with Gasteiger partial charge in [0.1, 0.15) is 12.4 Å². The molecule has 0 saturated carbocycles. The molecule has 0 aromatic heterocycles. The van der Waals surface area contributed by atoms with Crippen LogP contribution in [0.25, 0.3) is 0 Å². The van der Waals surface area contributed by atoms with E-state index in [1.807, 2.05) is 13.8 Å². The molecule has 4 nitrogen and oxygen atoms in total. The topological polar surface area (TPSA) is 69.4 Å². The van der Waals surface area contributed by atoms with E-state index in [0.29, 0.717) is 17.2 Å². The van der Waals surface area contributed by atoms with Crippen LogP contribution >= 0.6 is 11.6 Å². The molecule has 1 aromatic rings. The van der Waals surface area contributed by atoms with Crippen LogP contribution in [0.5, 0.6) is 5.75 Å². The van der Waals surface area contributed by atoms with Crippen molar-refractivity contribution in [1.29, 1.82) is 0 Å². The molecule has 0 unspecified atom stereocenters. The van der Waals surface area contributed by atoms with Crippen molar-refractivity contribution < 1.29 is 13.2 Å². The summed E-state index contributed by atoms with van der Waals surface area (Å²) in [5.74, 6) is 0.796. The van der Waals surface area contributed by atoms with Crippen LogP contribution in [0.2, 0.25) is 5.02 Å². The first-order valence-electron chi connectivity index (χ1n) is 6.24. The number of benzene rings is 1. The van der Waals surface area contributed by atoms with Gasteiger partial charge in [-0.1, -0.05) is 18.5 Å². The van der Waals surface area contributed by atoms with Crippen molar-refractivity contribution in [3.8, 4) is 5.75 Å². The quantitative estimate of drug-likeness (QED) is 0.840. The normalized spacial score (nSPS) is 13.3. The Balaban J connectivity index is 2.68.